The maximum atomic E-state index is 6.66. The van der Waals surface area contributed by atoms with Crippen molar-refractivity contribution < 1.29 is 4.43 Å². The van der Waals surface area contributed by atoms with Gasteiger partial charge in [-0.3, -0.25) is 0 Å². The van der Waals surface area contributed by atoms with E-state index >= 15 is 0 Å². The van der Waals surface area contributed by atoms with Gasteiger partial charge in [0, 0.05) is 6.10 Å². The first-order chi connectivity index (χ1) is 11.2. The summed E-state index contributed by atoms with van der Waals surface area (Å²) in [5, 5.41) is 0. The molecule has 0 bridgehead atoms. The van der Waals surface area contributed by atoms with Gasteiger partial charge in [0.2, 0.25) is 0 Å². The SMILES string of the molecule is CCCCCCCCCCCCC(CCC)O[Si]1(C)CCCC1. The van der Waals surface area contributed by atoms with Crippen LogP contribution in [0, 0.1) is 0 Å². The average Bonchev–Trinajstić information content (AvgIpc) is 2.95. The van der Waals surface area contributed by atoms with E-state index in [1.165, 1.54) is 108 Å². The first-order valence-electron chi connectivity index (χ1n) is 10.9. The van der Waals surface area contributed by atoms with Gasteiger partial charge in [-0.1, -0.05) is 97.3 Å². The molecule has 138 valence electrons. The predicted molar refractivity (Wildman–Crippen MR) is 107 cm³/mol. The minimum absolute atomic E-state index is 0.587. The van der Waals surface area contributed by atoms with Crippen LogP contribution in [0.15, 0.2) is 0 Å². The van der Waals surface area contributed by atoms with Gasteiger partial charge in [-0.05, 0) is 31.5 Å². The Morgan fingerprint density at radius 1 is 0.696 bits per heavy atom. The lowest BCUT2D eigenvalue weighted by Gasteiger charge is -2.29. The van der Waals surface area contributed by atoms with Crippen LogP contribution in [-0.4, -0.2) is 14.4 Å². The molecular formula is C21H44OSi. The van der Waals surface area contributed by atoms with Gasteiger partial charge in [-0.2, -0.15) is 0 Å². The van der Waals surface area contributed by atoms with Crippen LogP contribution in [0.4, 0.5) is 0 Å². The molecule has 0 spiro atoms. The highest BCUT2D eigenvalue weighted by atomic mass is 28.4. The normalized spacial score (nSPS) is 18.4. The van der Waals surface area contributed by atoms with E-state index in [1.807, 2.05) is 0 Å². The summed E-state index contributed by atoms with van der Waals surface area (Å²) in [6.07, 6.45) is 21.7. The predicted octanol–water partition coefficient (Wildman–Crippen LogP) is 7.85. The van der Waals surface area contributed by atoms with Crippen molar-refractivity contribution in [2.45, 2.75) is 135 Å². The molecule has 1 rings (SSSR count). The lowest BCUT2D eigenvalue weighted by Crippen LogP contribution is -2.35. The molecule has 0 aliphatic carbocycles. The summed E-state index contributed by atoms with van der Waals surface area (Å²) in [5.41, 5.74) is 0. The Morgan fingerprint density at radius 2 is 1.22 bits per heavy atom. The minimum atomic E-state index is -1.28. The van der Waals surface area contributed by atoms with E-state index in [0.29, 0.717) is 6.10 Å². The van der Waals surface area contributed by atoms with Crippen LogP contribution < -0.4 is 0 Å². The minimum Gasteiger partial charge on any atom is -0.414 e. The molecule has 1 unspecified atom stereocenters. The molecule has 1 atom stereocenters. The molecule has 1 aliphatic heterocycles. The number of unbranched alkanes of at least 4 members (excludes halogenated alkanes) is 9. The standard InChI is InChI=1S/C21H44OSi/c1-4-6-7-8-9-10-11-12-13-14-18-21(17-5-2)22-23(3)19-15-16-20-23/h21H,4-20H2,1-3H3. The highest BCUT2D eigenvalue weighted by molar-refractivity contribution is 6.73. The summed E-state index contributed by atoms with van der Waals surface area (Å²) in [6.45, 7) is 7.10. The molecule has 23 heavy (non-hydrogen) atoms. The van der Waals surface area contributed by atoms with E-state index in [4.69, 9.17) is 4.43 Å². The van der Waals surface area contributed by atoms with E-state index in [9.17, 15) is 0 Å². The average molecular weight is 341 g/mol. The lowest BCUT2D eigenvalue weighted by atomic mass is 10.0. The van der Waals surface area contributed by atoms with Crippen LogP contribution in [0.3, 0.4) is 0 Å². The number of hydrogen-bond acceptors (Lipinski definition) is 1. The second-order valence-corrected chi connectivity index (χ2v) is 12.3. The van der Waals surface area contributed by atoms with Gasteiger partial charge < -0.3 is 4.43 Å². The molecule has 0 radical (unpaired) electrons. The topological polar surface area (TPSA) is 9.23 Å². The Hall–Kier alpha value is 0.177. The third-order valence-electron chi connectivity index (χ3n) is 5.60. The fourth-order valence-corrected chi connectivity index (χ4v) is 7.61. The zero-order chi connectivity index (χ0) is 16.8. The molecule has 1 heterocycles. The highest BCUT2D eigenvalue weighted by Crippen LogP contribution is 2.33. The Labute approximate surface area is 148 Å². The molecule has 0 N–H and O–H groups in total. The second kappa shape index (κ2) is 13.5. The molecule has 1 saturated heterocycles. The fraction of sp³-hybridized carbons (Fsp3) is 1.00. The third-order valence-corrected chi connectivity index (χ3v) is 9.33. The maximum Gasteiger partial charge on any atom is 0.190 e. The summed E-state index contributed by atoms with van der Waals surface area (Å²) >= 11 is 0. The quantitative estimate of drug-likeness (QED) is 0.218. The van der Waals surface area contributed by atoms with Gasteiger partial charge in [0.25, 0.3) is 0 Å². The zero-order valence-electron chi connectivity index (χ0n) is 16.5. The largest absolute Gasteiger partial charge is 0.414 e. The van der Waals surface area contributed by atoms with Gasteiger partial charge in [-0.15, -0.1) is 0 Å². The third kappa shape index (κ3) is 10.6. The van der Waals surface area contributed by atoms with E-state index in [0.717, 1.165) is 0 Å². The van der Waals surface area contributed by atoms with Crippen molar-refractivity contribution in [2.24, 2.45) is 0 Å². The van der Waals surface area contributed by atoms with Crippen LogP contribution >= 0.6 is 0 Å². The van der Waals surface area contributed by atoms with Gasteiger partial charge in [-0.25, -0.2) is 0 Å². The molecule has 0 saturated carbocycles. The van der Waals surface area contributed by atoms with Crippen molar-refractivity contribution in [1.82, 2.24) is 0 Å². The lowest BCUT2D eigenvalue weighted by molar-refractivity contribution is 0.165. The van der Waals surface area contributed by atoms with Crippen molar-refractivity contribution in [1.29, 1.82) is 0 Å². The first-order valence-corrected chi connectivity index (χ1v) is 13.7. The van der Waals surface area contributed by atoms with Gasteiger partial charge in [0.05, 0.1) is 0 Å². The monoisotopic (exact) mass is 340 g/mol. The second-order valence-electron chi connectivity index (χ2n) is 8.16. The van der Waals surface area contributed by atoms with Crippen LogP contribution in [0.2, 0.25) is 18.6 Å². The van der Waals surface area contributed by atoms with E-state index in [2.05, 4.69) is 20.4 Å². The molecule has 1 nitrogen and oxygen atoms in total. The van der Waals surface area contributed by atoms with Gasteiger partial charge >= 0.3 is 0 Å². The van der Waals surface area contributed by atoms with E-state index < -0.39 is 8.32 Å². The summed E-state index contributed by atoms with van der Waals surface area (Å²) in [4.78, 5) is 0. The fourth-order valence-electron chi connectivity index (χ4n) is 4.09. The molecule has 0 aromatic carbocycles. The Morgan fingerprint density at radius 3 is 1.74 bits per heavy atom. The van der Waals surface area contributed by atoms with Gasteiger partial charge in [0.15, 0.2) is 8.32 Å². The zero-order valence-corrected chi connectivity index (χ0v) is 17.5. The first kappa shape index (κ1) is 21.2. The molecule has 2 heteroatoms. The molecule has 1 aliphatic rings. The molecule has 0 aromatic rings. The summed E-state index contributed by atoms with van der Waals surface area (Å²) in [7, 11) is -1.28. The molecular weight excluding hydrogens is 296 g/mol. The van der Waals surface area contributed by atoms with Crippen LogP contribution in [-0.2, 0) is 4.43 Å². The van der Waals surface area contributed by atoms with Crippen molar-refractivity contribution >= 4 is 8.32 Å². The Bertz CT molecular complexity index is 261. The van der Waals surface area contributed by atoms with Crippen molar-refractivity contribution in [3.8, 4) is 0 Å². The number of hydrogen-bond donors (Lipinski definition) is 0. The van der Waals surface area contributed by atoms with Crippen LogP contribution in [0.5, 0.6) is 0 Å². The van der Waals surface area contributed by atoms with E-state index in [1.54, 1.807) is 0 Å². The molecule has 0 amide bonds. The maximum absolute atomic E-state index is 6.66. The summed E-state index contributed by atoms with van der Waals surface area (Å²) < 4.78 is 6.66. The molecule has 1 fully saturated rings. The summed E-state index contributed by atoms with van der Waals surface area (Å²) in [5.74, 6) is 0. The summed E-state index contributed by atoms with van der Waals surface area (Å²) in [6, 6.07) is 2.84. The van der Waals surface area contributed by atoms with Crippen molar-refractivity contribution in [2.75, 3.05) is 0 Å². The van der Waals surface area contributed by atoms with Crippen LogP contribution in [0.25, 0.3) is 0 Å². The van der Waals surface area contributed by atoms with Gasteiger partial charge in [0.1, 0.15) is 0 Å². The smallest absolute Gasteiger partial charge is 0.190 e. The number of rotatable bonds is 15. The Kier molecular flexibility index (Phi) is 12.4. The van der Waals surface area contributed by atoms with E-state index in [-0.39, 0.29) is 0 Å². The van der Waals surface area contributed by atoms with Crippen LogP contribution in [0.1, 0.15) is 110 Å². The highest BCUT2D eigenvalue weighted by Gasteiger charge is 2.35. The van der Waals surface area contributed by atoms with Crippen molar-refractivity contribution in [3.05, 3.63) is 0 Å². The Balaban J connectivity index is 2.00. The van der Waals surface area contributed by atoms with Crippen molar-refractivity contribution in [3.63, 3.8) is 0 Å². The molecule has 0 aromatic heterocycles.